The van der Waals surface area contributed by atoms with Gasteiger partial charge in [0.25, 0.3) is 0 Å². The van der Waals surface area contributed by atoms with Crippen molar-refractivity contribution in [1.29, 1.82) is 0 Å². The van der Waals surface area contributed by atoms with Gasteiger partial charge in [-0.25, -0.2) is 4.39 Å². The Morgan fingerprint density at radius 3 is 2.70 bits per heavy atom. The van der Waals surface area contributed by atoms with E-state index in [0.717, 1.165) is 39.4 Å². The van der Waals surface area contributed by atoms with E-state index in [4.69, 9.17) is 17.0 Å². The highest BCUT2D eigenvalue weighted by atomic mass is 79.9. The van der Waals surface area contributed by atoms with E-state index in [0.29, 0.717) is 6.61 Å². The molecule has 0 N–H and O–H groups in total. The number of ether oxygens (including phenoxy) is 1. The molecule has 1 heterocycles. The number of hydrogen-bond acceptors (Lipinski definition) is 2. The third kappa shape index (κ3) is 4.09. The number of hydrogen-bond donors (Lipinski definition) is 0. The number of rotatable bonds is 4. The Hall–Kier alpha value is -1.46. The Kier molecular flexibility index (Phi) is 5.28. The third-order valence-electron chi connectivity index (χ3n) is 3.85. The zero-order valence-corrected chi connectivity index (χ0v) is 15.0. The second-order valence-electron chi connectivity index (χ2n) is 5.56. The van der Waals surface area contributed by atoms with Crippen LogP contribution in [-0.2, 0) is 6.61 Å². The Bertz CT molecular complexity index is 716. The van der Waals surface area contributed by atoms with Gasteiger partial charge < -0.3 is 9.64 Å². The maximum Gasteiger partial charge on any atom is 0.130 e. The Balaban J connectivity index is 1.79. The molecule has 0 saturated carbocycles. The SMILES string of the molecule is Fc1cccc(COc2ccc(Br)cc2C(=S)N2CCCC2)c1. The Morgan fingerprint density at radius 2 is 1.96 bits per heavy atom. The van der Waals surface area contributed by atoms with E-state index < -0.39 is 0 Å². The molecule has 5 heteroatoms. The Morgan fingerprint density at radius 1 is 1.17 bits per heavy atom. The van der Waals surface area contributed by atoms with Gasteiger partial charge in [-0.2, -0.15) is 0 Å². The van der Waals surface area contributed by atoms with Gasteiger partial charge in [0.15, 0.2) is 0 Å². The van der Waals surface area contributed by atoms with E-state index in [1.807, 2.05) is 24.3 Å². The highest BCUT2D eigenvalue weighted by Gasteiger charge is 2.19. The van der Waals surface area contributed by atoms with Crippen LogP contribution in [0.5, 0.6) is 5.75 Å². The van der Waals surface area contributed by atoms with Gasteiger partial charge in [-0.15, -0.1) is 0 Å². The van der Waals surface area contributed by atoms with Gasteiger partial charge in [-0.3, -0.25) is 0 Å². The summed E-state index contributed by atoms with van der Waals surface area (Å²) in [6, 6.07) is 12.3. The van der Waals surface area contributed by atoms with E-state index in [9.17, 15) is 4.39 Å². The molecule has 0 aliphatic carbocycles. The van der Waals surface area contributed by atoms with Gasteiger partial charge in [0.05, 0.1) is 5.56 Å². The Labute approximate surface area is 149 Å². The van der Waals surface area contributed by atoms with Crippen molar-refractivity contribution in [1.82, 2.24) is 4.90 Å². The summed E-state index contributed by atoms with van der Waals surface area (Å²) in [7, 11) is 0. The van der Waals surface area contributed by atoms with Gasteiger partial charge in [0, 0.05) is 17.6 Å². The summed E-state index contributed by atoms with van der Waals surface area (Å²) >= 11 is 9.14. The van der Waals surface area contributed by atoms with Crippen molar-refractivity contribution in [2.75, 3.05) is 13.1 Å². The van der Waals surface area contributed by atoms with Crippen LogP contribution < -0.4 is 4.74 Å². The summed E-state index contributed by atoms with van der Waals surface area (Å²) in [5.74, 6) is 0.476. The molecule has 1 saturated heterocycles. The van der Waals surface area contributed by atoms with Crippen molar-refractivity contribution in [3.05, 3.63) is 63.9 Å². The van der Waals surface area contributed by atoms with E-state index in [1.165, 1.54) is 25.0 Å². The molecule has 1 fully saturated rings. The third-order valence-corrected chi connectivity index (χ3v) is 4.82. The lowest BCUT2D eigenvalue weighted by Gasteiger charge is -2.21. The molecule has 2 aromatic carbocycles. The molecule has 120 valence electrons. The van der Waals surface area contributed by atoms with Crippen LogP contribution in [0, 0.1) is 5.82 Å². The molecule has 0 radical (unpaired) electrons. The van der Waals surface area contributed by atoms with Crippen LogP contribution in [0.4, 0.5) is 4.39 Å². The standard InChI is InChI=1S/C18H17BrFNOS/c19-14-6-7-17(22-12-13-4-3-5-15(20)10-13)16(11-14)18(23)21-8-1-2-9-21/h3-7,10-11H,1-2,8-9,12H2. The number of thiocarbonyl (C=S) groups is 1. The lowest BCUT2D eigenvalue weighted by molar-refractivity contribution is 0.304. The summed E-state index contributed by atoms with van der Waals surface area (Å²) in [6.45, 7) is 2.30. The van der Waals surface area contributed by atoms with Crippen LogP contribution in [0.15, 0.2) is 46.9 Å². The minimum absolute atomic E-state index is 0.255. The van der Waals surface area contributed by atoms with Gasteiger partial charge in [-0.05, 0) is 48.7 Å². The lowest BCUT2D eigenvalue weighted by atomic mass is 10.2. The number of halogens is 2. The van der Waals surface area contributed by atoms with Gasteiger partial charge in [0.2, 0.25) is 0 Å². The largest absolute Gasteiger partial charge is 0.488 e. The molecular formula is C18H17BrFNOS. The molecule has 0 bridgehead atoms. The van der Waals surface area contributed by atoms with Crippen LogP contribution >= 0.6 is 28.1 Å². The quantitative estimate of drug-likeness (QED) is 0.682. The van der Waals surface area contributed by atoms with Crippen LogP contribution in [0.25, 0.3) is 0 Å². The molecule has 0 unspecified atom stereocenters. The first kappa shape index (κ1) is 16.4. The van der Waals surface area contributed by atoms with E-state index in [1.54, 1.807) is 6.07 Å². The van der Waals surface area contributed by atoms with E-state index in [-0.39, 0.29) is 5.82 Å². The highest BCUT2D eigenvalue weighted by molar-refractivity contribution is 9.10. The van der Waals surface area contributed by atoms with Crippen molar-refractivity contribution in [2.24, 2.45) is 0 Å². The molecule has 3 rings (SSSR count). The number of nitrogens with zero attached hydrogens (tertiary/aromatic N) is 1. The molecule has 0 amide bonds. The molecule has 0 atom stereocenters. The fraction of sp³-hybridized carbons (Fsp3) is 0.278. The zero-order valence-electron chi connectivity index (χ0n) is 12.6. The average molecular weight is 394 g/mol. The predicted molar refractivity (Wildman–Crippen MR) is 97.4 cm³/mol. The maximum absolute atomic E-state index is 13.3. The van der Waals surface area contributed by atoms with E-state index >= 15 is 0 Å². The number of likely N-dealkylation sites (tertiary alicyclic amines) is 1. The minimum atomic E-state index is -0.255. The van der Waals surface area contributed by atoms with Crippen molar-refractivity contribution in [3.8, 4) is 5.75 Å². The van der Waals surface area contributed by atoms with Crippen molar-refractivity contribution in [2.45, 2.75) is 19.4 Å². The molecule has 1 aliphatic rings. The average Bonchev–Trinajstić information content (AvgIpc) is 3.07. The smallest absolute Gasteiger partial charge is 0.130 e. The normalized spacial score (nSPS) is 14.1. The maximum atomic E-state index is 13.3. The zero-order chi connectivity index (χ0) is 16.2. The summed E-state index contributed by atoms with van der Waals surface area (Å²) in [5.41, 5.74) is 1.71. The van der Waals surface area contributed by atoms with Crippen LogP contribution in [0.1, 0.15) is 24.0 Å². The number of benzene rings is 2. The molecule has 1 aliphatic heterocycles. The topological polar surface area (TPSA) is 12.5 Å². The fourth-order valence-electron chi connectivity index (χ4n) is 2.67. The molecule has 0 spiro atoms. The van der Waals surface area contributed by atoms with Crippen molar-refractivity contribution >= 4 is 33.1 Å². The monoisotopic (exact) mass is 393 g/mol. The first-order valence-corrected chi connectivity index (χ1v) is 8.80. The molecule has 2 aromatic rings. The summed E-state index contributed by atoms with van der Waals surface area (Å²) in [5, 5.41) is 0. The highest BCUT2D eigenvalue weighted by Crippen LogP contribution is 2.27. The first-order valence-electron chi connectivity index (χ1n) is 7.59. The second kappa shape index (κ2) is 7.41. The van der Waals surface area contributed by atoms with Gasteiger partial charge >= 0.3 is 0 Å². The van der Waals surface area contributed by atoms with Crippen molar-refractivity contribution in [3.63, 3.8) is 0 Å². The molecule has 0 aromatic heterocycles. The minimum Gasteiger partial charge on any atom is -0.488 e. The first-order chi connectivity index (χ1) is 11.1. The van der Waals surface area contributed by atoms with E-state index in [2.05, 4.69) is 20.8 Å². The van der Waals surface area contributed by atoms with Crippen LogP contribution in [0.3, 0.4) is 0 Å². The van der Waals surface area contributed by atoms with Crippen molar-refractivity contribution < 1.29 is 9.13 Å². The predicted octanol–water partition coefficient (Wildman–Crippen LogP) is 4.94. The fourth-order valence-corrected chi connectivity index (χ4v) is 3.38. The molecule has 2 nitrogen and oxygen atoms in total. The lowest BCUT2D eigenvalue weighted by Crippen LogP contribution is -2.27. The van der Waals surface area contributed by atoms with Gasteiger partial charge in [0.1, 0.15) is 23.2 Å². The van der Waals surface area contributed by atoms with Gasteiger partial charge in [-0.1, -0.05) is 40.3 Å². The van der Waals surface area contributed by atoms with Crippen LogP contribution in [0.2, 0.25) is 0 Å². The molecular weight excluding hydrogens is 377 g/mol. The second-order valence-corrected chi connectivity index (χ2v) is 6.86. The summed E-state index contributed by atoms with van der Waals surface area (Å²) < 4.78 is 20.1. The summed E-state index contributed by atoms with van der Waals surface area (Å²) in [6.07, 6.45) is 2.35. The summed E-state index contributed by atoms with van der Waals surface area (Å²) in [4.78, 5) is 3.03. The van der Waals surface area contributed by atoms with Crippen LogP contribution in [-0.4, -0.2) is 23.0 Å². The molecule has 23 heavy (non-hydrogen) atoms.